The van der Waals surface area contributed by atoms with Crippen LogP contribution in [0.5, 0.6) is 0 Å². The summed E-state index contributed by atoms with van der Waals surface area (Å²) < 4.78 is 13.7. The molecule has 0 bridgehead atoms. The third-order valence-electron chi connectivity index (χ3n) is 4.86. The molecule has 0 fully saturated rings. The van der Waals surface area contributed by atoms with Crippen LogP contribution in [-0.2, 0) is 6.42 Å². The Balaban J connectivity index is 1.50. The highest BCUT2D eigenvalue weighted by molar-refractivity contribution is 7.80. The number of hydrogen-bond acceptors (Lipinski definition) is 4. The highest BCUT2D eigenvalue weighted by Gasteiger charge is 2.09. The molecule has 4 aromatic rings. The molecule has 2 aromatic carbocycles. The molecule has 0 atom stereocenters. The highest BCUT2D eigenvalue weighted by atomic mass is 32.1. The van der Waals surface area contributed by atoms with Gasteiger partial charge in [-0.25, -0.2) is 14.4 Å². The number of aromatic nitrogens is 3. The van der Waals surface area contributed by atoms with Crippen LogP contribution in [-0.4, -0.2) is 32.6 Å². The first-order valence-corrected chi connectivity index (χ1v) is 10.9. The number of hydrogen-bond donors (Lipinski definition) is 4. The molecule has 0 unspecified atom stereocenters. The summed E-state index contributed by atoms with van der Waals surface area (Å²) in [5.74, 6) is 0.579. The average Bonchev–Trinajstić information content (AvgIpc) is 3.15. The molecule has 2 aromatic heterocycles. The number of aliphatic imine (C=N–C) groups is 1. The second-order valence-corrected chi connectivity index (χ2v) is 7.94. The van der Waals surface area contributed by atoms with Gasteiger partial charge in [0.25, 0.3) is 0 Å². The number of guanidine groups is 1. The summed E-state index contributed by atoms with van der Waals surface area (Å²) in [4.78, 5) is 16.7. The first kappa shape index (κ1) is 22.3. The van der Waals surface area contributed by atoms with Crippen molar-refractivity contribution in [2.45, 2.75) is 20.3 Å². The van der Waals surface area contributed by atoms with Crippen LogP contribution in [0.15, 0.2) is 65.8 Å². The van der Waals surface area contributed by atoms with Gasteiger partial charge in [-0.05, 0) is 74.4 Å². The fraction of sp³-hybridized carbons (Fsp3) is 0.167. The molecule has 2 heterocycles. The van der Waals surface area contributed by atoms with Gasteiger partial charge in [0.05, 0.1) is 0 Å². The number of anilines is 2. The Hall–Kier alpha value is -3.85. The maximum Gasteiger partial charge on any atom is 0.229 e. The molecule has 0 saturated carbocycles. The second-order valence-electron chi connectivity index (χ2n) is 7.53. The molecule has 168 valence electrons. The molecule has 0 aliphatic heterocycles. The Morgan fingerprint density at radius 1 is 1.03 bits per heavy atom. The minimum Gasteiger partial charge on any atom is -0.361 e. The van der Waals surface area contributed by atoms with Gasteiger partial charge in [-0.1, -0.05) is 18.2 Å². The summed E-state index contributed by atoms with van der Waals surface area (Å²) in [6, 6.07) is 16.2. The lowest BCUT2D eigenvalue weighted by Crippen LogP contribution is -2.39. The number of para-hydroxylation sites is 1. The lowest BCUT2D eigenvalue weighted by molar-refractivity contribution is 0.629. The van der Waals surface area contributed by atoms with Crippen molar-refractivity contribution in [1.29, 1.82) is 0 Å². The minimum absolute atomic E-state index is 0.264. The lowest BCUT2D eigenvalue weighted by Gasteiger charge is -2.14. The summed E-state index contributed by atoms with van der Waals surface area (Å²) in [7, 11) is 0. The monoisotopic (exact) mass is 461 g/mol. The Morgan fingerprint density at radius 3 is 2.55 bits per heavy atom. The molecule has 4 N–H and O–H groups in total. The van der Waals surface area contributed by atoms with Gasteiger partial charge in [0.2, 0.25) is 11.9 Å². The maximum absolute atomic E-state index is 13.7. The molecule has 4 rings (SSSR count). The largest absolute Gasteiger partial charge is 0.361 e. The van der Waals surface area contributed by atoms with E-state index in [0.29, 0.717) is 30.0 Å². The van der Waals surface area contributed by atoms with Gasteiger partial charge in [0.1, 0.15) is 5.82 Å². The van der Waals surface area contributed by atoms with Crippen LogP contribution in [0.2, 0.25) is 0 Å². The van der Waals surface area contributed by atoms with Gasteiger partial charge in [-0.2, -0.15) is 0 Å². The number of aromatic amines is 1. The van der Waals surface area contributed by atoms with E-state index in [0.717, 1.165) is 33.5 Å². The summed E-state index contributed by atoms with van der Waals surface area (Å²) in [5, 5.41) is 10.6. The standard InChI is InChI=1S/C24H24FN7S/c1-15-12-16(2)29-23(28-15)31-22(32-24(33)30-19-6-4-3-5-7-19)26-11-10-17-14-27-21-9-8-18(25)13-20(17)21/h3-9,12-14,27H,10-11H2,1-2H3,(H3,26,28,29,30,31,32,33). The zero-order valence-electron chi connectivity index (χ0n) is 18.3. The molecule has 0 saturated heterocycles. The van der Waals surface area contributed by atoms with Gasteiger partial charge in [0, 0.05) is 40.7 Å². The Morgan fingerprint density at radius 2 is 1.79 bits per heavy atom. The molecule has 0 radical (unpaired) electrons. The van der Waals surface area contributed by atoms with Crippen molar-refractivity contribution in [3.8, 4) is 0 Å². The van der Waals surface area contributed by atoms with Gasteiger partial charge >= 0.3 is 0 Å². The Kier molecular flexibility index (Phi) is 6.89. The fourth-order valence-electron chi connectivity index (χ4n) is 3.44. The summed E-state index contributed by atoms with van der Waals surface area (Å²) in [6.45, 7) is 4.25. The van der Waals surface area contributed by atoms with Crippen molar-refractivity contribution in [1.82, 2.24) is 20.3 Å². The predicted octanol–water partition coefficient (Wildman–Crippen LogP) is 4.71. The lowest BCUT2D eigenvalue weighted by atomic mass is 10.1. The van der Waals surface area contributed by atoms with Gasteiger partial charge < -0.3 is 15.6 Å². The minimum atomic E-state index is -0.264. The van der Waals surface area contributed by atoms with E-state index >= 15 is 0 Å². The SMILES string of the molecule is Cc1cc(C)nc(NC(=NCCc2c[nH]c3ccc(F)cc23)NC(=S)Nc2ccccc2)n1. The highest BCUT2D eigenvalue weighted by Crippen LogP contribution is 2.19. The molecule has 9 heteroatoms. The van der Waals surface area contributed by atoms with Crippen LogP contribution in [0, 0.1) is 19.7 Å². The van der Waals surface area contributed by atoms with Crippen molar-refractivity contribution in [3.05, 3.63) is 83.6 Å². The summed E-state index contributed by atoms with van der Waals surface area (Å²) >= 11 is 5.46. The normalized spacial score (nSPS) is 11.4. The van der Waals surface area contributed by atoms with Crippen LogP contribution >= 0.6 is 12.2 Å². The molecule has 0 aliphatic rings. The van der Waals surface area contributed by atoms with Crippen LogP contribution in [0.25, 0.3) is 10.9 Å². The van der Waals surface area contributed by atoms with Crippen LogP contribution < -0.4 is 16.0 Å². The summed E-state index contributed by atoms with van der Waals surface area (Å²) in [6.07, 6.45) is 2.50. The number of aryl methyl sites for hydroxylation is 2. The third-order valence-corrected chi connectivity index (χ3v) is 5.06. The van der Waals surface area contributed by atoms with Crippen molar-refractivity contribution >= 4 is 45.8 Å². The van der Waals surface area contributed by atoms with Gasteiger partial charge in [-0.15, -0.1) is 0 Å². The molecule has 0 amide bonds. The van der Waals surface area contributed by atoms with Crippen LogP contribution in [0.1, 0.15) is 17.0 Å². The van der Waals surface area contributed by atoms with Crippen molar-refractivity contribution in [2.75, 3.05) is 17.2 Å². The maximum atomic E-state index is 13.7. The number of nitrogens with zero attached hydrogens (tertiary/aromatic N) is 3. The Labute approximate surface area is 196 Å². The second kappa shape index (κ2) is 10.2. The van der Waals surface area contributed by atoms with E-state index in [1.54, 1.807) is 6.07 Å². The van der Waals surface area contributed by atoms with Crippen LogP contribution in [0.4, 0.5) is 16.0 Å². The Bertz CT molecular complexity index is 1280. The van der Waals surface area contributed by atoms with Crippen LogP contribution in [0.3, 0.4) is 0 Å². The first-order chi connectivity index (χ1) is 16.0. The fourth-order valence-corrected chi connectivity index (χ4v) is 3.65. The topological polar surface area (TPSA) is 90.0 Å². The number of thiocarbonyl (C=S) groups is 1. The summed E-state index contributed by atoms with van der Waals surface area (Å²) in [5.41, 5.74) is 4.42. The number of halogens is 1. The predicted molar refractivity (Wildman–Crippen MR) is 135 cm³/mol. The van der Waals surface area contributed by atoms with Crippen molar-refractivity contribution in [3.63, 3.8) is 0 Å². The zero-order chi connectivity index (χ0) is 23.2. The van der Waals surface area contributed by atoms with E-state index < -0.39 is 0 Å². The van der Waals surface area contributed by atoms with E-state index in [-0.39, 0.29) is 5.82 Å². The van der Waals surface area contributed by atoms with E-state index in [9.17, 15) is 4.39 Å². The molecular formula is C24H24FN7S. The van der Waals surface area contributed by atoms with E-state index in [1.165, 1.54) is 12.1 Å². The molecule has 0 spiro atoms. The molecule has 0 aliphatic carbocycles. The number of benzene rings is 2. The van der Waals surface area contributed by atoms with E-state index in [4.69, 9.17) is 12.2 Å². The van der Waals surface area contributed by atoms with E-state index in [1.807, 2.05) is 56.4 Å². The average molecular weight is 462 g/mol. The number of nitrogens with one attached hydrogen (secondary N) is 4. The number of rotatable bonds is 5. The van der Waals surface area contributed by atoms with Crippen molar-refractivity contribution in [2.24, 2.45) is 4.99 Å². The van der Waals surface area contributed by atoms with Gasteiger partial charge in [0.15, 0.2) is 5.11 Å². The number of H-pyrrole nitrogens is 1. The zero-order valence-corrected chi connectivity index (χ0v) is 19.1. The quantitative estimate of drug-likeness (QED) is 0.196. The molecule has 7 nitrogen and oxygen atoms in total. The van der Waals surface area contributed by atoms with E-state index in [2.05, 4.69) is 35.9 Å². The third kappa shape index (κ3) is 6.11. The molecule has 33 heavy (non-hydrogen) atoms. The molecular weight excluding hydrogens is 437 g/mol. The number of fused-ring (bicyclic) bond motifs is 1. The first-order valence-electron chi connectivity index (χ1n) is 10.5. The smallest absolute Gasteiger partial charge is 0.229 e. The van der Waals surface area contributed by atoms with Gasteiger partial charge in [-0.3, -0.25) is 10.3 Å². The van der Waals surface area contributed by atoms with Crippen molar-refractivity contribution < 1.29 is 4.39 Å².